The molecule has 0 amide bonds. The minimum atomic E-state index is -1.83. The van der Waals surface area contributed by atoms with E-state index in [2.05, 4.69) is 6.07 Å². The van der Waals surface area contributed by atoms with E-state index in [1.54, 1.807) is 6.92 Å². The van der Waals surface area contributed by atoms with Gasteiger partial charge in [-0.3, -0.25) is 4.79 Å². The molecule has 1 aromatic heterocycles. The Morgan fingerprint density at radius 2 is 1.83 bits per heavy atom. The van der Waals surface area contributed by atoms with E-state index in [0.717, 1.165) is 22.2 Å². The van der Waals surface area contributed by atoms with Crippen molar-refractivity contribution in [2.24, 2.45) is 0 Å². The molecular formula is C19H19NO3. The highest BCUT2D eigenvalue weighted by molar-refractivity contribution is 5.87. The Kier molecular flexibility index (Phi) is 4.28. The first kappa shape index (κ1) is 15.5. The lowest BCUT2D eigenvalue weighted by Crippen LogP contribution is -2.39. The molecule has 0 saturated heterocycles. The molecule has 0 saturated carbocycles. The Morgan fingerprint density at radius 3 is 2.52 bits per heavy atom. The second kappa shape index (κ2) is 6.36. The smallest absolute Gasteiger partial charge is 0.241 e. The van der Waals surface area contributed by atoms with E-state index < -0.39 is 5.79 Å². The summed E-state index contributed by atoms with van der Waals surface area (Å²) in [6.45, 7) is 2.05. The average Bonchev–Trinajstić information content (AvgIpc) is 2.94. The lowest BCUT2D eigenvalue weighted by atomic mass is 10.1. The van der Waals surface area contributed by atoms with Crippen LogP contribution in [0.2, 0.25) is 0 Å². The van der Waals surface area contributed by atoms with Crippen LogP contribution in [0, 0.1) is 0 Å². The van der Waals surface area contributed by atoms with Gasteiger partial charge >= 0.3 is 0 Å². The highest BCUT2D eigenvalue weighted by atomic mass is 16.6. The summed E-state index contributed by atoms with van der Waals surface area (Å²) in [6.07, 6.45) is 0.458. The number of para-hydroxylation sites is 1. The molecule has 0 aliphatic heterocycles. The number of carbonyl (C=O) groups is 1. The minimum Gasteiger partial charge on any atom is -0.358 e. The molecule has 0 fully saturated rings. The van der Waals surface area contributed by atoms with Crippen LogP contribution in [0.15, 0.2) is 60.7 Å². The van der Waals surface area contributed by atoms with E-state index >= 15 is 0 Å². The van der Waals surface area contributed by atoms with Crippen molar-refractivity contribution >= 4 is 17.2 Å². The molecule has 2 aromatic carbocycles. The van der Waals surface area contributed by atoms with Gasteiger partial charge in [0, 0.05) is 23.2 Å². The quantitative estimate of drug-likeness (QED) is 0.562. The fourth-order valence-corrected chi connectivity index (χ4v) is 2.82. The van der Waals surface area contributed by atoms with E-state index in [1.807, 2.05) is 59.2 Å². The van der Waals surface area contributed by atoms with Crippen molar-refractivity contribution in [1.29, 1.82) is 0 Å². The number of rotatable bonds is 6. The maximum absolute atomic E-state index is 11.3. The molecule has 3 rings (SSSR count). The molecule has 4 nitrogen and oxygen atoms in total. The molecule has 1 N–H and O–H groups in total. The normalized spacial score (nSPS) is 13.8. The Morgan fingerprint density at radius 1 is 1.13 bits per heavy atom. The molecule has 0 bridgehead atoms. The third kappa shape index (κ3) is 3.04. The van der Waals surface area contributed by atoms with Crippen LogP contribution in [0.25, 0.3) is 22.2 Å². The summed E-state index contributed by atoms with van der Waals surface area (Å²) < 4.78 is 7.18. The number of aromatic nitrogens is 1. The summed E-state index contributed by atoms with van der Waals surface area (Å²) in [4.78, 5) is 11.3. The van der Waals surface area contributed by atoms with Crippen LogP contribution in [0.5, 0.6) is 0 Å². The number of hydrogen-bond donors (Lipinski definition) is 1. The number of aliphatic hydroxyl groups is 1. The first-order valence-corrected chi connectivity index (χ1v) is 7.63. The van der Waals surface area contributed by atoms with Gasteiger partial charge in [-0.1, -0.05) is 48.5 Å². The maximum atomic E-state index is 11.3. The molecule has 23 heavy (non-hydrogen) atoms. The average molecular weight is 309 g/mol. The zero-order valence-electron chi connectivity index (χ0n) is 13.0. The van der Waals surface area contributed by atoms with E-state index in [9.17, 15) is 9.90 Å². The second-order valence-electron chi connectivity index (χ2n) is 5.44. The zero-order chi connectivity index (χ0) is 16.3. The molecule has 0 aliphatic rings. The van der Waals surface area contributed by atoms with Crippen molar-refractivity contribution in [1.82, 2.24) is 4.57 Å². The van der Waals surface area contributed by atoms with Gasteiger partial charge in [-0.2, -0.15) is 0 Å². The number of benzene rings is 2. The Balaban J connectivity index is 2.15. The number of nitrogens with zero attached hydrogens (tertiary/aromatic N) is 1. The Hall–Kier alpha value is -2.43. The van der Waals surface area contributed by atoms with Crippen LogP contribution in [0.1, 0.15) is 6.92 Å². The summed E-state index contributed by atoms with van der Waals surface area (Å²) in [6, 6.07) is 19.8. The van der Waals surface area contributed by atoms with Gasteiger partial charge in [0.05, 0.1) is 6.54 Å². The predicted molar refractivity (Wildman–Crippen MR) is 90.0 cm³/mol. The zero-order valence-corrected chi connectivity index (χ0v) is 13.0. The van der Waals surface area contributed by atoms with Crippen molar-refractivity contribution in [3.8, 4) is 11.3 Å². The molecule has 4 heteroatoms. The third-order valence-electron chi connectivity index (χ3n) is 3.84. The van der Waals surface area contributed by atoms with Crippen molar-refractivity contribution in [2.75, 3.05) is 6.61 Å². The molecule has 1 unspecified atom stereocenters. The van der Waals surface area contributed by atoms with Gasteiger partial charge in [0.25, 0.3) is 0 Å². The molecule has 0 spiro atoms. The standard InChI is InChI=1S/C19H19NO3/c1-2-23-19(22,14-21)13-20-17-11-7-6-10-16(17)12-18(20)15-8-4-3-5-9-15/h3-12,14,22H,2,13H2,1H3. The van der Waals surface area contributed by atoms with Crippen molar-refractivity contribution in [3.05, 3.63) is 60.7 Å². The summed E-state index contributed by atoms with van der Waals surface area (Å²) >= 11 is 0. The fraction of sp³-hybridized carbons (Fsp3) is 0.211. The largest absolute Gasteiger partial charge is 0.358 e. The Bertz CT molecular complexity index is 810. The van der Waals surface area contributed by atoms with Crippen molar-refractivity contribution in [2.45, 2.75) is 19.3 Å². The lowest BCUT2D eigenvalue weighted by molar-refractivity contribution is -0.196. The van der Waals surface area contributed by atoms with Crippen molar-refractivity contribution < 1.29 is 14.6 Å². The van der Waals surface area contributed by atoms with Crippen LogP contribution in [-0.4, -0.2) is 28.4 Å². The van der Waals surface area contributed by atoms with Crippen LogP contribution in [-0.2, 0) is 16.1 Å². The number of hydrogen-bond acceptors (Lipinski definition) is 3. The first-order valence-electron chi connectivity index (χ1n) is 7.63. The Labute approximate surface area is 134 Å². The van der Waals surface area contributed by atoms with Gasteiger partial charge in [-0.25, -0.2) is 0 Å². The van der Waals surface area contributed by atoms with Crippen LogP contribution in [0.4, 0.5) is 0 Å². The van der Waals surface area contributed by atoms with Gasteiger partial charge in [-0.15, -0.1) is 0 Å². The predicted octanol–water partition coefficient (Wildman–Crippen LogP) is 3.23. The lowest BCUT2D eigenvalue weighted by Gasteiger charge is -2.24. The minimum absolute atomic E-state index is 0.0437. The molecule has 118 valence electrons. The van der Waals surface area contributed by atoms with E-state index in [4.69, 9.17) is 4.74 Å². The molecule has 1 heterocycles. The summed E-state index contributed by atoms with van der Waals surface area (Å²) in [7, 11) is 0. The maximum Gasteiger partial charge on any atom is 0.241 e. The first-order chi connectivity index (χ1) is 11.2. The van der Waals surface area contributed by atoms with Gasteiger partial charge in [0.15, 0.2) is 6.29 Å². The number of ether oxygens (including phenoxy) is 1. The highest BCUT2D eigenvalue weighted by Crippen LogP contribution is 2.29. The van der Waals surface area contributed by atoms with Crippen LogP contribution >= 0.6 is 0 Å². The highest BCUT2D eigenvalue weighted by Gasteiger charge is 2.29. The molecular weight excluding hydrogens is 290 g/mol. The topological polar surface area (TPSA) is 51.5 Å². The second-order valence-corrected chi connectivity index (χ2v) is 5.44. The number of fused-ring (bicyclic) bond motifs is 1. The van der Waals surface area contributed by atoms with Gasteiger partial charge in [-0.05, 0) is 24.6 Å². The van der Waals surface area contributed by atoms with Gasteiger partial charge in [0.1, 0.15) is 0 Å². The van der Waals surface area contributed by atoms with Crippen molar-refractivity contribution in [3.63, 3.8) is 0 Å². The van der Waals surface area contributed by atoms with Gasteiger partial charge in [0.2, 0.25) is 5.79 Å². The molecule has 1 atom stereocenters. The molecule has 0 aliphatic carbocycles. The van der Waals surface area contributed by atoms with E-state index in [0.29, 0.717) is 6.29 Å². The van der Waals surface area contributed by atoms with E-state index in [1.165, 1.54) is 0 Å². The fourth-order valence-electron chi connectivity index (χ4n) is 2.82. The molecule has 0 radical (unpaired) electrons. The van der Waals surface area contributed by atoms with E-state index in [-0.39, 0.29) is 13.2 Å². The number of carbonyl (C=O) groups excluding carboxylic acids is 1. The SMILES string of the molecule is CCOC(O)(C=O)Cn1c(-c2ccccc2)cc2ccccc21. The van der Waals surface area contributed by atoms with Gasteiger partial charge < -0.3 is 14.4 Å². The third-order valence-corrected chi connectivity index (χ3v) is 3.84. The van der Waals surface area contributed by atoms with Crippen LogP contribution < -0.4 is 0 Å². The summed E-state index contributed by atoms with van der Waals surface area (Å²) in [5, 5.41) is 11.5. The molecule has 3 aromatic rings. The summed E-state index contributed by atoms with van der Waals surface area (Å²) in [5.74, 6) is -1.83. The van der Waals surface area contributed by atoms with Crippen LogP contribution in [0.3, 0.4) is 0 Å². The number of aldehydes is 1. The summed E-state index contributed by atoms with van der Waals surface area (Å²) in [5.41, 5.74) is 2.91. The monoisotopic (exact) mass is 309 g/mol.